The second-order valence-electron chi connectivity index (χ2n) is 6.57. The normalized spacial score (nSPS) is 17.4. The molecule has 4 heterocycles. The molecular weight excluding hydrogens is 320 g/mol. The molecule has 0 amide bonds. The lowest BCUT2D eigenvalue weighted by Gasteiger charge is -2.16. The Labute approximate surface area is 144 Å². The fourth-order valence-corrected chi connectivity index (χ4v) is 3.32. The molecule has 1 atom stereocenters. The van der Waals surface area contributed by atoms with Gasteiger partial charge in [-0.05, 0) is 31.0 Å². The standard InChI is InChI=1S/C18H20N4O3/c1-20(2)22-8-6-16-14(18(22)24)10-13-15(19-16)5-7-21(17(13)23)11-12-4-3-9-25-12/h5-8,10,12H,3-4,9,11H2,1-2H3. The van der Waals surface area contributed by atoms with E-state index in [9.17, 15) is 9.59 Å². The summed E-state index contributed by atoms with van der Waals surface area (Å²) in [5.41, 5.74) is 0.864. The number of ether oxygens (including phenoxy) is 1. The topological polar surface area (TPSA) is 69.4 Å². The first-order valence-corrected chi connectivity index (χ1v) is 8.39. The third kappa shape index (κ3) is 2.70. The van der Waals surface area contributed by atoms with E-state index in [0.29, 0.717) is 28.4 Å². The second-order valence-corrected chi connectivity index (χ2v) is 6.57. The molecule has 0 aromatic carbocycles. The molecule has 7 nitrogen and oxygen atoms in total. The molecule has 1 saturated heterocycles. The maximum absolute atomic E-state index is 12.8. The highest BCUT2D eigenvalue weighted by Crippen LogP contribution is 2.16. The lowest BCUT2D eigenvalue weighted by Crippen LogP contribution is -2.35. The number of nitrogens with zero attached hydrogens (tertiary/aromatic N) is 4. The smallest absolute Gasteiger partial charge is 0.278 e. The first-order chi connectivity index (χ1) is 12.0. The Balaban J connectivity index is 1.89. The van der Waals surface area contributed by atoms with Crippen molar-refractivity contribution in [1.29, 1.82) is 0 Å². The maximum Gasteiger partial charge on any atom is 0.278 e. The van der Waals surface area contributed by atoms with Crippen LogP contribution in [0, 0.1) is 0 Å². The molecule has 0 bridgehead atoms. The first-order valence-electron chi connectivity index (χ1n) is 8.39. The molecule has 25 heavy (non-hydrogen) atoms. The van der Waals surface area contributed by atoms with Gasteiger partial charge >= 0.3 is 0 Å². The van der Waals surface area contributed by atoms with E-state index in [-0.39, 0.29) is 17.2 Å². The second kappa shape index (κ2) is 6.00. The van der Waals surface area contributed by atoms with E-state index in [1.54, 1.807) is 48.2 Å². The minimum atomic E-state index is -0.189. The molecule has 1 unspecified atom stereocenters. The minimum absolute atomic E-state index is 0.0783. The Morgan fingerprint density at radius 1 is 1.16 bits per heavy atom. The first kappa shape index (κ1) is 15.8. The van der Waals surface area contributed by atoms with E-state index >= 15 is 0 Å². The van der Waals surface area contributed by atoms with Crippen LogP contribution in [0.5, 0.6) is 0 Å². The zero-order valence-corrected chi connectivity index (χ0v) is 14.3. The van der Waals surface area contributed by atoms with Crippen molar-refractivity contribution in [3.05, 3.63) is 51.3 Å². The van der Waals surface area contributed by atoms with Crippen LogP contribution in [0.1, 0.15) is 12.8 Å². The van der Waals surface area contributed by atoms with E-state index in [4.69, 9.17) is 4.74 Å². The summed E-state index contributed by atoms with van der Waals surface area (Å²) in [7, 11) is 3.58. The summed E-state index contributed by atoms with van der Waals surface area (Å²) in [5, 5.41) is 2.59. The molecule has 0 spiro atoms. The van der Waals surface area contributed by atoms with Crippen LogP contribution >= 0.6 is 0 Å². The van der Waals surface area contributed by atoms with Gasteiger partial charge < -0.3 is 14.3 Å². The zero-order valence-electron chi connectivity index (χ0n) is 14.3. The molecular formula is C18H20N4O3. The van der Waals surface area contributed by atoms with Crippen molar-refractivity contribution in [3.8, 4) is 0 Å². The van der Waals surface area contributed by atoms with Crippen LogP contribution in [-0.4, -0.2) is 41.0 Å². The van der Waals surface area contributed by atoms with Crippen molar-refractivity contribution in [2.75, 3.05) is 25.7 Å². The summed E-state index contributed by atoms with van der Waals surface area (Å²) in [5.74, 6) is 0. The van der Waals surface area contributed by atoms with Gasteiger partial charge in [0.25, 0.3) is 11.1 Å². The Hall–Kier alpha value is -2.67. The molecule has 7 heteroatoms. The van der Waals surface area contributed by atoms with Gasteiger partial charge in [0.2, 0.25) is 0 Å². The van der Waals surface area contributed by atoms with Crippen molar-refractivity contribution < 1.29 is 4.74 Å². The van der Waals surface area contributed by atoms with Gasteiger partial charge in [0.1, 0.15) is 0 Å². The van der Waals surface area contributed by atoms with Crippen LogP contribution < -0.4 is 16.1 Å². The number of hydrogen-bond acceptors (Lipinski definition) is 5. The summed E-state index contributed by atoms with van der Waals surface area (Å²) in [6.07, 6.45) is 5.51. The summed E-state index contributed by atoms with van der Waals surface area (Å²) >= 11 is 0. The average Bonchev–Trinajstić information content (AvgIpc) is 3.09. The van der Waals surface area contributed by atoms with Crippen LogP contribution in [-0.2, 0) is 11.3 Å². The number of rotatable bonds is 3. The molecule has 3 aromatic rings. The molecule has 0 N–H and O–H groups in total. The number of fused-ring (bicyclic) bond motifs is 2. The molecule has 1 fully saturated rings. The molecule has 0 radical (unpaired) electrons. The van der Waals surface area contributed by atoms with Gasteiger partial charge in [-0.25, -0.2) is 9.66 Å². The van der Waals surface area contributed by atoms with Crippen LogP contribution in [0.3, 0.4) is 0 Å². The van der Waals surface area contributed by atoms with Gasteiger partial charge in [0.15, 0.2) is 0 Å². The van der Waals surface area contributed by atoms with Crippen LogP contribution in [0.2, 0.25) is 0 Å². The van der Waals surface area contributed by atoms with Crippen molar-refractivity contribution in [1.82, 2.24) is 14.2 Å². The van der Waals surface area contributed by atoms with Crippen molar-refractivity contribution in [2.24, 2.45) is 0 Å². The molecule has 0 saturated carbocycles. The van der Waals surface area contributed by atoms with Crippen LogP contribution in [0.15, 0.2) is 40.2 Å². The maximum atomic E-state index is 12.8. The largest absolute Gasteiger partial charge is 0.376 e. The average molecular weight is 340 g/mol. The van der Waals surface area contributed by atoms with Crippen molar-refractivity contribution in [2.45, 2.75) is 25.5 Å². The molecule has 3 aromatic heterocycles. The fourth-order valence-electron chi connectivity index (χ4n) is 3.32. The Kier molecular flexibility index (Phi) is 3.80. The van der Waals surface area contributed by atoms with Crippen molar-refractivity contribution >= 4 is 21.8 Å². The molecule has 1 aliphatic heterocycles. The van der Waals surface area contributed by atoms with Crippen LogP contribution in [0.25, 0.3) is 21.8 Å². The number of aromatic nitrogens is 3. The third-order valence-electron chi connectivity index (χ3n) is 4.65. The van der Waals surface area contributed by atoms with Gasteiger partial charge in [0.05, 0.1) is 34.5 Å². The van der Waals surface area contributed by atoms with E-state index in [2.05, 4.69) is 4.98 Å². The Morgan fingerprint density at radius 3 is 2.56 bits per heavy atom. The van der Waals surface area contributed by atoms with Crippen LogP contribution in [0.4, 0.5) is 0 Å². The van der Waals surface area contributed by atoms with Gasteiger partial charge in [-0.3, -0.25) is 9.59 Å². The number of pyridine rings is 3. The van der Waals surface area contributed by atoms with E-state index < -0.39 is 0 Å². The highest BCUT2D eigenvalue weighted by atomic mass is 16.5. The SMILES string of the molecule is CN(C)n1ccc2nc3ccn(CC4CCCO4)c(=O)c3cc2c1=O. The lowest BCUT2D eigenvalue weighted by atomic mass is 10.2. The summed E-state index contributed by atoms with van der Waals surface area (Å²) in [6, 6.07) is 5.27. The van der Waals surface area contributed by atoms with E-state index in [1.807, 2.05) is 6.07 Å². The molecule has 4 rings (SSSR count). The van der Waals surface area contributed by atoms with Gasteiger partial charge in [-0.15, -0.1) is 0 Å². The van der Waals surface area contributed by atoms with Gasteiger partial charge in [-0.2, -0.15) is 0 Å². The summed E-state index contributed by atoms with van der Waals surface area (Å²) < 4.78 is 8.76. The zero-order chi connectivity index (χ0) is 17.6. The van der Waals surface area contributed by atoms with E-state index in [1.165, 1.54) is 4.68 Å². The lowest BCUT2D eigenvalue weighted by molar-refractivity contribution is 0.0963. The predicted octanol–water partition coefficient (Wildman–Crippen LogP) is 1.09. The van der Waals surface area contributed by atoms with Crippen molar-refractivity contribution in [3.63, 3.8) is 0 Å². The quantitative estimate of drug-likeness (QED) is 0.668. The molecule has 1 aliphatic rings. The summed E-state index contributed by atoms with van der Waals surface area (Å²) in [4.78, 5) is 30.0. The van der Waals surface area contributed by atoms with E-state index in [0.717, 1.165) is 19.4 Å². The minimum Gasteiger partial charge on any atom is -0.376 e. The Bertz CT molecular complexity index is 1060. The third-order valence-corrected chi connectivity index (χ3v) is 4.65. The highest BCUT2D eigenvalue weighted by Gasteiger charge is 2.17. The highest BCUT2D eigenvalue weighted by molar-refractivity contribution is 5.91. The molecule has 0 aliphatic carbocycles. The molecule has 130 valence electrons. The Morgan fingerprint density at radius 2 is 1.88 bits per heavy atom. The monoisotopic (exact) mass is 340 g/mol. The fraction of sp³-hybridized carbons (Fsp3) is 0.389. The van der Waals surface area contributed by atoms with Gasteiger partial charge in [0, 0.05) is 33.1 Å². The van der Waals surface area contributed by atoms with Gasteiger partial charge in [-0.1, -0.05) is 0 Å². The summed E-state index contributed by atoms with van der Waals surface area (Å²) in [6.45, 7) is 1.28. The number of hydrogen-bond donors (Lipinski definition) is 0. The predicted molar refractivity (Wildman–Crippen MR) is 96.8 cm³/mol.